The number of nitrogens with zero attached hydrogens (tertiary/aromatic N) is 6. The van der Waals surface area contributed by atoms with E-state index in [0.29, 0.717) is 19.3 Å². The van der Waals surface area contributed by atoms with E-state index in [1.54, 1.807) is 0 Å². The molecule has 4 aromatic heterocycles. The number of carbonyl (C=O) groups excluding carboxylic acids is 4. The molecule has 0 spiro atoms. The lowest BCUT2D eigenvalue weighted by atomic mass is 10.2. The number of unbranched alkanes of at least 4 members (excludes halogenated alkanes) is 2. The maximum absolute atomic E-state index is 13.4. The Morgan fingerprint density at radius 1 is 0.436 bits per heavy atom. The van der Waals surface area contributed by atoms with E-state index in [2.05, 4.69) is 10.6 Å². The van der Waals surface area contributed by atoms with Gasteiger partial charge in [0.25, 0.3) is 45.9 Å². The summed E-state index contributed by atoms with van der Waals surface area (Å²) in [5, 5.41) is 45.2. The minimum absolute atomic E-state index is 0.0321. The van der Waals surface area contributed by atoms with Gasteiger partial charge in [-0.2, -0.15) is 0 Å². The quantitative estimate of drug-likeness (QED) is 0.0562. The number of aromatic nitrogens is 4. The topological polar surface area (TPSA) is 268 Å². The van der Waals surface area contributed by atoms with Crippen LogP contribution in [0.15, 0.2) is 92.0 Å². The molecule has 4 heterocycles. The zero-order chi connectivity index (χ0) is 40.1. The highest BCUT2D eigenvalue weighted by molar-refractivity contribution is 5.94. The van der Waals surface area contributed by atoms with E-state index in [0.717, 1.165) is 24.3 Å². The van der Waals surface area contributed by atoms with Crippen molar-refractivity contribution in [1.29, 1.82) is 0 Å². The van der Waals surface area contributed by atoms with Gasteiger partial charge in [0.2, 0.25) is 0 Å². The fourth-order valence-corrected chi connectivity index (χ4v) is 5.45. The fraction of sp³-hybridized carbons (Fsp3) is 0.314. The Balaban J connectivity index is 1.37. The number of pyridine rings is 4. The molecule has 0 radical (unpaired) electrons. The Hall–Kier alpha value is -7.12. The van der Waals surface area contributed by atoms with E-state index in [1.165, 1.54) is 58.3 Å². The van der Waals surface area contributed by atoms with E-state index in [4.69, 9.17) is 0 Å². The van der Waals surface area contributed by atoms with Crippen LogP contribution in [0.3, 0.4) is 0 Å². The molecule has 0 saturated heterocycles. The lowest BCUT2D eigenvalue weighted by Crippen LogP contribution is -2.39. The number of rotatable bonds is 18. The Morgan fingerprint density at radius 2 is 0.727 bits per heavy atom. The first-order valence-electron chi connectivity index (χ1n) is 17.1. The highest BCUT2D eigenvalue weighted by Crippen LogP contribution is 2.10. The molecular formula is C35H40N8O12. The molecule has 0 aliphatic heterocycles. The highest BCUT2D eigenvalue weighted by Gasteiger charge is 2.22. The van der Waals surface area contributed by atoms with Gasteiger partial charge in [0.15, 0.2) is 0 Å². The second kappa shape index (κ2) is 19.1. The van der Waals surface area contributed by atoms with Gasteiger partial charge in [-0.3, -0.25) is 38.4 Å². The first kappa shape index (κ1) is 40.6. The van der Waals surface area contributed by atoms with E-state index in [1.807, 2.05) is 0 Å². The third-order valence-electron chi connectivity index (χ3n) is 8.33. The lowest BCUT2D eigenvalue weighted by molar-refractivity contribution is 0.0687. The third kappa shape index (κ3) is 10.5. The first-order valence-corrected chi connectivity index (χ1v) is 17.1. The minimum Gasteiger partial charge on any atom is -0.425 e. The van der Waals surface area contributed by atoms with Crippen molar-refractivity contribution < 1.29 is 40.0 Å². The molecular weight excluding hydrogens is 724 g/mol. The lowest BCUT2D eigenvalue weighted by Gasteiger charge is -2.25. The van der Waals surface area contributed by atoms with E-state index < -0.39 is 45.9 Å². The largest absolute Gasteiger partial charge is 0.425 e. The molecule has 55 heavy (non-hydrogen) atoms. The van der Waals surface area contributed by atoms with Gasteiger partial charge in [-0.25, -0.2) is 0 Å². The van der Waals surface area contributed by atoms with Crippen molar-refractivity contribution in [2.75, 3.05) is 39.3 Å². The van der Waals surface area contributed by atoms with Crippen molar-refractivity contribution in [2.45, 2.75) is 32.1 Å². The third-order valence-corrected chi connectivity index (χ3v) is 8.33. The molecule has 4 rings (SSSR count). The molecule has 0 aliphatic carbocycles. The monoisotopic (exact) mass is 764 g/mol. The summed E-state index contributed by atoms with van der Waals surface area (Å²) in [5.74, 6) is -2.80. The van der Waals surface area contributed by atoms with Crippen LogP contribution in [0.1, 0.15) is 74.1 Å². The zero-order valence-corrected chi connectivity index (χ0v) is 29.4. The average Bonchev–Trinajstić information content (AvgIpc) is 3.16. The van der Waals surface area contributed by atoms with Crippen LogP contribution in [0.25, 0.3) is 0 Å². The number of carbonyl (C=O) groups is 4. The molecule has 0 aromatic carbocycles. The van der Waals surface area contributed by atoms with Crippen molar-refractivity contribution in [3.05, 3.63) is 137 Å². The van der Waals surface area contributed by atoms with Gasteiger partial charge in [0, 0.05) is 63.5 Å². The first-order chi connectivity index (χ1) is 26.3. The van der Waals surface area contributed by atoms with Crippen LogP contribution in [-0.2, 0) is 0 Å². The van der Waals surface area contributed by atoms with Crippen LogP contribution in [0.4, 0.5) is 0 Å². The van der Waals surface area contributed by atoms with E-state index >= 15 is 0 Å². The Bertz CT molecular complexity index is 2100. The van der Waals surface area contributed by atoms with Crippen molar-refractivity contribution >= 4 is 23.6 Å². The van der Waals surface area contributed by atoms with Crippen LogP contribution in [-0.4, -0.2) is 112 Å². The molecule has 4 aromatic rings. The van der Waals surface area contributed by atoms with Crippen molar-refractivity contribution in [3.8, 4) is 0 Å². The van der Waals surface area contributed by atoms with Crippen LogP contribution >= 0.6 is 0 Å². The van der Waals surface area contributed by atoms with Crippen LogP contribution < -0.4 is 32.9 Å². The van der Waals surface area contributed by atoms with Crippen molar-refractivity contribution in [1.82, 2.24) is 39.4 Å². The Morgan fingerprint density at radius 3 is 1.07 bits per heavy atom. The molecule has 0 unspecified atom stereocenters. The average molecular weight is 765 g/mol. The van der Waals surface area contributed by atoms with Gasteiger partial charge < -0.3 is 41.3 Å². The maximum Gasteiger partial charge on any atom is 0.283 e. The van der Waals surface area contributed by atoms with E-state index in [9.17, 15) is 59.2 Å². The molecule has 0 fully saturated rings. The minimum atomic E-state index is -0.819. The Kier molecular flexibility index (Phi) is 14.1. The predicted molar refractivity (Wildman–Crippen MR) is 191 cm³/mol. The normalized spacial score (nSPS) is 10.8. The molecule has 20 heteroatoms. The summed E-state index contributed by atoms with van der Waals surface area (Å²) in [6.45, 7) is 0.464. The SMILES string of the molecule is O=C(NCCCN(CCCCCN(CCCNC(=O)c1cccc(=O)n1O)C(=O)c1cccc(=O)n1O)C(=O)c1cccc(=O)n1O)c1cccc(=O)n1O. The summed E-state index contributed by atoms with van der Waals surface area (Å²) in [7, 11) is 0. The van der Waals surface area contributed by atoms with Gasteiger partial charge in [0.1, 0.15) is 22.8 Å². The summed E-state index contributed by atoms with van der Waals surface area (Å²) >= 11 is 0. The Labute approximate surface area is 311 Å². The van der Waals surface area contributed by atoms with Crippen molar-refractivity contribution in [3.63, 3.8) is 0 Å². The summed E-state index contributed by atoms with van der Waals surface area (Å²) in [6.07, 6.45) is 1.64. The molecule has 292 valence electrons. The number of hydrogen-bond donors (Lipinski definition) is 6. The predicted octanol–water partition coefficient (Wildman–Crippen LogP) is -0.322. The smallest absolute Gasteiger partial charge is 0.283 e. The molecule has 6 N–H and O–H groups in total. The molecule has 0 atom stereocenters. The highest BCUT2D eigenvalue weighted by atomic mass is 16.5. The van der Waals surface area contributed by atoms with Gasteiger partial charge >= 0.3 is 0 Å². The molecule has 0 saturated carbocycles. The summed E-state index contributed by atoms with van der Waals surface area (Å²) in [4.78, 5) is 102. The second-order valence-corrected chi connectivity index (χ2v) is 12.1. The summed E-state index contributed by atoms with van der Waals surface area (Å²) < 4.78 is 0.870. The number of hydrogen-bond acceptors (Lipinski definition) is 12. The summed E-state index contributed by atoms with van der Waals surface area (Å²) in [6, 6.07) is 14.6. The maximum atomic E-state index is 13.4. The molecule has 4 amide bonds. The van der Waals surface area contributed by atoms with Crippen LogP contribution in [0.2, 0.25) is 0 Å². The second-order valence-electron chi connectivity index (χ2n) is 12.1. The van der Waals surface area contributed by atoms with E-state index in [-0.39, 0.29) is 93.8 Å². The number of amides is 4. The van der Waals surface area contributed by atoms with Gasteiger partial charge in [-0.1, -0.05) is 24.3 Å². The molecule has 0 bridgehead atoms. The molecule has 20 nitrogen and oxygen atoms in total. The fourth-order valence-electron chi connectivity index (χ4n) is 5.45. The van der Waals surface area contributed by atoms with Crippen LogP contribution in [0.5, 0.6) is 0 Å². The summed E-state index contributed by atoms with van der Waals surface area (Å²) in [5.41, 5.74) is -4.38. The van der Waals surface area contributed by atoms with Gasteiger partial charge in [0.05, 0.1) is 0 Å². The van der Waals surface area contributed by atoms with Crippen LogP contribution in [0, 0.1) is 0 Å². The molecule has 0 aliphatic rings. The van der Waals surface area contributed by atoms with Gasteiger partial charge in [-0.15, -0.1) is 18.9 Å². The van der Waals surface area contributed by atoms with Crippen molar-refractivity contribution in [2.24, 2.45) is 0 Å². The van der Waals surface area contributed by atoms with Gasteiger partial charge in [-0.05, 0) is 56.4 Å². The number of nitrogens with one attached hydrogen (secondary N) is 2. The standard InChI is InChI=1S/C35H40N8O12/c44-28-14-4-10-24(40(28)52)32(48)36-18-8-22-38(34(50)26-12-6-16-30(46)42(26)54)20-2-1-3-21-39(35(51)27-13-7-17-31(47)43(27)55)23-9-19-37-33(49)25-11-5-15-29(45)41(25)53/h4-7,10-17,52-55H,1-3,8-9,18-23H2,(H,36,48)(H,37,49). The zero-order valence-electron chi connectivity index (χ0n) is 29.4.